The lowest BCUT2D eigenvalue weighted by Gasteiger charge is -2.08. The van der Waals surface area contributed by atoms with E-state index in [4.69, 9.17) is 11.5 Å². The number of aryl methyl sites for hydroxylation is 2. The van der Waals surface area contributed by atoms with Gasteiger partial charge >= 0.3 is 0 Å². The van der Waals surface area contributed by atoms with Crippen molar-refractivity contribution < 1.29 is 4.79 Å². The number of hydrogen-bond acceptors (Lipinski definition) is 3. The van der Waals surface area contributed by atoms with Crippen LogP contribution < -0.4 is 11.5 Å². The van der Waals surface area contributed by atoms with Gasteiger partial charge in [-0.1, -0.05) is 6.92 Å². The molecule has 1 heterocycles. The smallest absolute Gasteiger partial charge is 0.217 e. The van der Waals surface area contributed by atoms with Gasteiger partial charge in [0.05, 0.1) is 11.0 Å². The fourth-order valence-corrected chi connectivity index (χ4v) is 2.43. The standard InChI is InChI=1S/C15H22N4O/c1-2-5-15-18-12-10-11(16)7-8-13(12)19(15)9-4-3-6-14(17)20/h7-8,10H,2-6,9,16H2,1H3,(H2,17,20). The van der Waals surface area contributed by atoms with Gasteiger partial charge in [0.2, 0.25) is 5.91 Å². The van der Waals surface area contributed by atoms with Gasteiger partial charge in [-0.2, -0.15) is 0 Å². The number of benzene rings is 1. The van der Waals surface area contributed by atoms with E-state index < -0.39 is 0 Å². The molecule has 0 spiro atoms. The van der Waals surface area contributed by atoms with Crippen LogP contribution in [0.1, 0.15) is 38.4 Å². The molecule has 2 rings (SSSR count). The van der Waals surface area contributed by atoms with E-state index in [2.05, 4.69) is 16.5 Å². The lowest BCUT2D eigenvalue weighted by atomic mass is 10.2. The molecule has 0 saturated carbocycles. The molecule has 0 fully saturated rings. The number of nitrogens with zero attached hydrogens (tertiary/aromatic N) is 2. The summed E-state index contributed by atoms with van der Waals surface area (Å²) in [5.41, 5.74) is 13.8. The third kappa shape index (κ3) is 3.29. The van der Waals surface area contributed by atoms with Gasteiger partial charge in [-0.3, -0.25) is 4.79 Å². The Hall–Kier alpha value is -2.04. The molecule has 0 aliphatic rings. The molecule has 5 heteroatoms. The molecular formula is C15H22N4O. The van der Waals surface area contributed by atoms with Crippen molar-refractivity contribution in [2.45, 2.75) is 45.6 Å². The van der Waals surface area contributed by atoms with Gasteiger partial charge in [0.25, 0.3) is 0 Å². The Morgan fingerprint density at radius 2 is 2.15 bits per heavy atom. The number of rotatable bonds is 7. The Kier molecular flexibility index (Phi) is 4.61. The number of imidazole rings is 1. The number of aromatic nitrogens is 2. The van der Waals surface area contributed by atoms with E-state index in [-0.39, 0.29) is 5.91 Å². The van der Waals surface area contributed by atoms with Crippen LogP contribution >= 0.6 is 0 Å². The Morgan fingerprint density at radius 3 is 2.85 bits per heavy atom. The molecule has 0 aliphatic heterocycles. The number of primary amides is 1. The fourth-order valence-electron chi connectivity index (χ4n) is 2.43. The molecule has 1 aromatic carbocycles. The van der Waals surface area contributed by atoms with Crippen molar-refractivity contribution in [1.29, 1.82) is 0 Å². The summed E-state index contributed by atoms with van der Waals surface area (Å²) in [5, 5.41) is 0. The molecule has 4 N–H and O–H groups in total. The summed E-state index contributed by atoms with van der Waals surface area (Å²) in [5.74, 6) is 0.856. The molecule has 0 unspecified atom stereocenters. The Labute approximate surface area is 119 Å². The quantitative estimate of drug-likeness (QED) is 0.599. The van der Waals surface area contributed by atoms with Crippen molar-refractivity contribution in [2.75, 3.05) is 5.73 Å². The average Bonchev–Trinajstić information content (AvgIpc) is 2.72. The van der Waals surface area contributed by atoms with Crippen LogP contribution in [-0.2, 0) is 17.8 Å². The van der Waals surface area contributed by atoms with Crippen molar-refractivity contribution in [3.8, 4) is 0 Å². The van der Waals surface area contributed by atoms with E-state index in [1.54, 1.807) is 0 Å². The highest BCUT2D eigenvalue weighted by Crippen LogP contribution is 2.20. The molecule has 0 aliphatic carbocycles. The Morgan fingerprint density at radius 1 is 1.35 bits per heavy atom. The van der Waals surface area contributed by atoms with E-state index in [1.165, 1.54) is 0 Å². The number of hydrogen-bond donors (Lipinski definition) is 2. The second kappa shape index (κ2) is 6.41. The summed E-state index contributed by atoms with van der Waals surface area (Å²) >= 11 is 0. The van der Waals surface area contributed by atoms with Crippen LogP contribution in [-0.4, -0.2) is 15.5 Å². The van der Waals surface area contributed by atoms with E-state index in [9.17, 15) is 4.79 Å². The van der Waals surface area contributed by atoms with Gasteiger partial charge in [-0.15, -0.1) is 0 Å². The average molecular weight is 274 g/mol. The maximum atomic E-state index is 10.8. The first kappa shape index (κ1) is 14.4. The summed E-state index contributed by atoms with van der Waals surface area (Å²) < 4.78 is 2.24. The van der Waals surface area contributed by atoms with E-state index in [0.717, 1.165) is 54.8 Å². The fraction of sp³-hybridized carbons (Fsp3) is 0.467. The second-order valence-electron chi connectivity index (χ2n) is 5.10. The highest BCUT2D eigenvalue weighted by molar-refractivity contribution is 5.79. The van der Waals surface area contributed by atoms with Gasteiger partial charge in [-0.05, 0) is 37.5 Å². The molecule has 0 atom stereocenters. The van der Waals surface area contributed by atoms with Crippen LogP contribution in [0.25, 0.3) is 11.0 Å². The zero-order valence-corrected chi connectivity index (χ0v) is 11.9. The predicted octanol–water partition coefficient (Wildman–Crippen LogP) is 2.23. The summed E-state index contributed by atoms with van der Waals surface area (Å²) in [4.78, 5) is 15.4. The lowest BCUT2D eigenvalue weighted by molar-refractivity contribution is -0.118. The van der Waals surface area contributed by atoms with Crippen LogP contribution in [0.3, 0.4) is 0 Å². The van der Waals surface area contributed by atoms with Crippen LogP contribution in [0, 0.1) is 0 Å². The third-order valence-corrected chi connectivity index (χ3v) is 3.38. The maximum Gasteiger partial charge on any atom is 0.217 e. The van der Waals surface area contributed by atoms with Crippen molar-refractivity contribution in [3.05, 3.63) is 24.0 Å². The minimum Gasteiger partial charge on any atom is -0.399 e. The van der Waals surface area contributed by atoms with Gasteiger partial charge < -0.3 is 16.0 Å². The van der Waals surface area contributed by atoms with E-state index >= 15 is 0 Å². The first-order valence-electron chi connectivity index (χ1n) is 7.14. The number of nitrogen functional groups attached to an aromatic ring is 1. The summed E-state index contributed by atoms with van der Waals surface area (Å²) in [6.45, 7) is 3.01. The van der Waals surface area contributed by atoms with Crippen molar-refractivity contribution >= 4 is 22.6 Å². The van der Waals surface area contributed by atoms with Crippen LogP contribution in [0.5, 0.6) is 0 Å². The van der Waals surface area contributed by atoms with Crippen LogP contribution in [0.15, 0.2) is 18.2 Å². The van der Waals surface area contributed by atoms with Gasteiger partial charge in [0.1, 0.15) is 5.82 Å². The van der Waals surface area contributed by atoms with E-state index in [1.807, 2.05) is 18.2 Å². The molecule has 2 aromatic rings. The minimum absolute atomic E-state index is 0.234. The van der Waals surface area contributed by atoms with Crippen molar-refractivity contribution in [3.63, 3.8) is 0 Å². The highest BCUT2D eigenvalue weighted by Gasteiger charge is 2.10. The van der Waals surface area contributed by atoms with E-state index in [0.29, 0.717) is 6.42 Å². The second-order valence-corrected chi connectivity index (χ2v) is 5.10. The number of unbranched alkanes of at least 4 members (excludes halogenated alkanes) is 1. The number of carbonyl (C=O) groups excluding carboxylic acids is 1. The largest absolute Gasteiger partial charge is 0.399 e. The molecule has 0 saturated heterocycles. The first-order valence-corrected chi connectivity index (χ1v) is 7.14. The molecule has 0 bridgehead atoms. The first-order chi connectivity index (χ1) is 9.61. The molecule has 20 heavy (non-hydrogen) atoms. The third-order valence-electron chi connectivity index (χ3n) is 3.38. The number of amides is 1. The molecule has 1 aromatic heterocycles. The number of anilines is 1. The normalized spacial score (nSPS) is 11.1. The Bertz CT molecular complexity index is 603. The lowest BCUT2D eigenvalue weighted by Crippen LogP contribution is -2.10. The number of carbonyl (C=O) groups is 1. The highest BCUT2D eigenvalue weighted by atomic mass is 16.1. The monoisotopic (exact) mass is 274 g/mol. The summed E-state index contributed by atoms with van der Waals surface area (Å²) in [6.07, 6.45) is 4.19. The zero-order chi connectivity index (χ0) is 14.5. The molecule has 1 amide bonds. The molecule has 108 valence electrons. The minimum atomic E-state index is -0.234. The van der Waals surface area contributed by atoms with Crippen LogP contribution in [0.4, 0.5) is 5.69 Å². The number of fused-ring (bicyclic) bond motifs is 1. The van der Waals surface area contributed by atoms with Gasteiger partial charge in [0.15, 0.2) is 0 Å². The van der Waals surface area contributed by atoms with Crippen LogP contribution in [0.2, 0.25) is 0 Å². The molecule has 5 nitrogen and oxygen atoms in total. The Balaban J connectivity index is 2.19. The predicted molar refractivity (Wildman–Crippen MR) is 81.2 cm³/mol. The van der Waals surface area contributed by atoms with Gasteiger partial charge in [-0.25, -0.2) is 4.98 Å². The van der Waals surface area contributed by atoms with Gasteiger partial charge in [0, 0.05) is 25.1 Å². The zero-order valence-electron chi connectivity index (χ0n) is 11.9. The topological polar surface area (TPSA) is 86.9 Å². The summed E-state index contributed by atoms with van der Waals surface area (Å²) in [6, 6.07) is 5.83. The molecule has 0 radical (unpaired) electrons. The summed E-state index contributed by atoms with van der Waals surface area (Å²) in [7, 11) is 0. The maximum absolute atomic E-state index is 10.8. The number of nitrogens with two attached hydrogens (primary N) is 2. The molecular weight excluding hydrogens is 252 g/mol. The van der Waals surface area contributed by atoms with Crippen molar-refractivity contribution in [1.82, 2.24) is 9.55 Å². The SMILES string of the molecule is CCCc1nc2cc(N)ccc2n1CCCCC(N)=O. The van der Waals surface area contributed by atoms with Crippen molar-refractivity contribution in [2.24, 2.45) is 5.73 Å².